The molecule has 0 saturated carbocycles. The lowest BCUT2D eigenvalue weighted by molar-refractivity contribution is 0.0528. The minimum atomic E-state index is -0.531. The predicted molar refractivity (Wildman–Crippen MR) is 92.9 cm³/mol. The highest BCUT2D eigenvalue weighted by molar-refractivity contribution is 6.35. The van der Waals surface area contributed by atoms with Crippen LogP contribution in [0, 0.1) is 11.3 Å². The number of aromatic nitrogens is 3. The van der Waals surface area contributed by atoms with Crippen LogP contribution in [0.4, 0.5) is 0 Å². The molecule has 0 fully saturated rings. The minimum Gasteiger partial charge on any atom is -0.462 e. The van der Waals surface area contributed by atoms with Crippen LogP contribution < -0.4 is 0 Å². The SMILES string of the molecule is CCOC(=O)c1cnn2c(Cl)c(Cc3ccc(C#N)cc3)c(Cl)nc12. The van der Waals surface area contributed by atoms with E-state index in [9.17, 15) is 4.79 Å². The molecule has 3 aromatic rings. The van der Waals surface area contributed by atoms with E-state index in [4.69, 9.17) is 33.2 Å². The van der Waals surface area contributed by atoms with Crippen molar-refractivity contribution in [3.05, 3.63) is 63.0 Å². The number of hydrogen-bond acceptors (Lipinski definition) is 5. The van der Waals surface area contributed by atoms with Gasteiger partial charge in [-0.25, -0.2) is 14.3 Å². The molecule has 0 radical (unpaired) electrons. The average Bonchev–Trinajstić information content (AvgIpc) is 3.03. The van der Waals surface area contributed by atoms with Crippen molar-refractivity contribution in [1.82, 2.24) is 14.6 Å². The van der Waals surface area contributed by atoms with Crippen LogP contribution in [-0.4, -0.2) is 27.2 Å². The third-order valence-corrected chi connectivity index (χ3v) is 4.29. The standard InChI is InChI=1S/C17H12Cl2N4O2/c1-2-25-17(24)13-9-21-23-15(19)12(14(18)22-16(13)23)7-10-3-5-11(8-20)6-4-10/h3-6,9H,2,7H2,1H3. The Labute approximate surface area is 153 Å². The van der Waals surface area contributed by atoms with Crippen molar-refractivity contribution in [2.24, 2.45) is 0 Å². The first-order valence-corrected chi connectivity index (χ1v) is 8.18. The van der Waals surface area contributed by atoms with E-state index in [-0.39, 0.29) is 28.1 Å². The molecule has 0 aliphatic heterocycles. The summed E-state index contributed by atoms with van der Waals surface area (Å²) in [5.41, 5.74) is 2.52. The van der Waals surface area contributed by atoms with Gasteiger partial charge in [0.05, 0.1) is 24.4 Å². The molecule has 6 nitrogen and oxygen atoms in total. The fourth-order valence-corrected chi connectivity index (χ4v) is 2.93. The first kappa shape index (κ1) is 17.2. The van der Waals surface area contributed by atoms with Gasteiger partial charge in [-0.1, -0.05) is 35.3 Å². The summed E-state index contributed by atoms with van der Waals surface area (Å²) in [6.07, 6.45) is 1.77. The third-order valence-electron chi connectivity index (χ3n) is 3.59. The van der Waals surface area contributed by atoms with E-state index in [2.05, 4.69) is 16.2 Å². The lowest BCUT2D eigenvalue weighted by Crippen LogP contribution is -2.06. The summed E-state index contributed by atoms with van der Waals surface area (Å²) in [6.45, 7) is 1.96. The van der Waals surface area contributed by atoms with Gasteiger partial charge in [0.25, 0.3) is 0 Å². The fraction of sp³-hybridized carbons (Fsp3) is 0.176. The highest BCUT2D eigenvalue weighted by atomic mass is 35.5. The minimum absolute atomic E-state index is 0.188. The summed E-state index contributed by atoms with van der Waals surface area (Å²) in [7, 11) is 0. The molecule has 0 aliphatic rings. The van der Waals surface area contributed by atoms with E-state index in [0.717, 1.165) is 5.56 Å². The van der Waals surface area contributed by atoms with Crippen molar-refractivity contribution >= 4 is 34.8 Å². The molecule has 0 bridgehead atoms. The zero-order chi connectivity index (χ0) is 18.0. The summed E-state index contributed by atoms with van der Waals surface area (Å²) in [6, 6.07) is 9.15. The van der Waals surface area contributed by atoms with E-state index in [1.165, 1.54) is 10.7 Å². The number of esters is 1. The van der Waals surface area contributed by atoms with E-state index < -0.39 is 5.97 Å². The second kappa shape index (κ2) is 7.09. The quantitative estimate of drug-likeness (QED) is 0.513. The fourth-order valence-electron chi connectivity index (χ4n) is 2.37. The van der Waals surface area contributed by atoms with Gasteiger partial charge in [0.15, 0.2) is 5.65 Å². The maximum atomic E-state index is 12.0. The molecule has 0 unspecified atom stereocenters. The number of carbonyl (C=O) groups excluding carboxylic acids is 1. The van der Waals surface area contributed by atoms with Crippen LogP contribution in [0.1, 0.15) is 34.0 Å². The van der Waals surface area contributed by atoms with Crippen molar-refractivity contribution < 1.29 is 9.53 Å². The number of rotatable bonds is 4. The van der Waals surface area contributed by atoms with Crippen LogP contribution in [-0.2, 0) is 11.2 Å². The Kier molecular flexibility index (Phi) is 4.88. The van der Waals surface area contributed by atoms with Gasteiger partial charge in [0.1, 0.15) is 15.9 Å². The second-order valence-corrected chi connectivity index (χ2v) is 5.89. The Morgan fingerprint density at radius 1 is 1.32 bits per heavy atom. The smallest absolute Gasteiger partial charge is 0.343 e. The van der Waals surface area contributed by atoms with Gasteiger partial charge in [-0.05, 0) is 24.6 Å². The molecule has 0 spiro atoms. The van der Waals surface area contributed by atoms with E-state index in [0.29, 0.717) is 17.5 Å². The zero-order valence-electron chi connectivity index (χ0n) is 13.2. The van der Waals surface area contributed by atoms with Crippen LogP contribution in [0.5, 0.6) is 0 Å². The summed E-state index contributed by atoms with van der Waals surface area (Å²) in [4.78, 5) is 16.2. The first-order chi connectivity index (χ1) is 12.0. The van der Waals surface area contributed by atoms with Gasteiger partial charge >= 0.3 is 5.97 Å². The lowest BCUT2D eigenvalue weighted by atomic mass is 10.1. The van der Waals surface area contributed by atoms with Gasteiger partial charge < -0.3 is 4.74 Å². The Morgan fingerprint density at radius 2 is 2.04 bits per heavy atom. The highest BCUT2D eigenvalue weighted by Crippen LogP contribution is 2.28. The monoisotopic (exact) mass is 374 g/mol. The molecule has 0 saturated heterocycles. The van der Waals surface area contributed by atoms with Crippen molar-refractivity contribution in [1.29, 1.82) is 5.26 Å². The summed E-state index contributed by atoms with van der Waals surface area (Å²) >= 11 is 12.7. The zero-order valence-corrected chi connectivity index (χ0v) is 14.7. The Morgan fingerprint density at radius 3 is 2.68 bits per heavy atom. The van der Waals surface area contributed by atoms with Crippen LogP contribution in [0.15, 0.2) is 30.5 Å². The maximum Gasteiger partial charge on any atom is 0.343 e. The lowest BCUT2D eigenvalue weighted by Gasteiger charge is -2.09. The topological polar surface area (TPSA) is 80.3 Å². The van der Waals surface area contributed by atoms with Gasteiger partial charge in [0.2, 0.25) is 0 Å². The Bertz CT molecular complexity index is 991. The molecule has 126 valence electrons. The highest BCUT2D eigenvalue weighted by Gasteiger charge is 2.20. The van der Waals surface area contributed by atoms with E-state index in [1.807, 2.05) is 12.1 Å². The van der Waals surface area contributed by atoms with Crippen LogP contribution in [0.3, 0.4) is 0 Å². The van der Waals surface area contributed by atoms with Crippen LogP contribution >= 0.6 is 23.2 Å². The molecule has 2 heterocycles. The molecule has 1 aromatic carbocycles. The second-order valence-electron chi connectivity index (χ2n) is 5.17. The number of nitrogens with zero attached hydrogens (tertiary/aromatic N) is 4. The molecule has 0 atom stereocenters. The van der Waals surface area contributed by atoms with Gasteiger partial charge in [0, 0.05) is 12.0 Å². The maximum absolute atomic E-state index is 12.0. The Hall–Kier alpha value is -2.62. The van der Waals surface area contributed by atoms with Gasteiger partial charge in [-0.3, -0.25) is 0 Å². The molecule has 25 heavy (non-hydrogen) atoms. The van der Waals surface area contributed by atoms with E-state index in [1.54, 1.807) is 19.1 Å². The molecule has 0 aliphatic carbocycles. The molecule has 3 rings (SSSR count). The molecular formula is C17H12Cl2N4O2. The summed E-state index contributed by atoms with van der Waals surface area (Å²) < 4.78 is 6.34. The van der Waals surface area contributed by atoms with Crippen molar-refractivity contribution in [2.75, 3.05) is 6.61 Å². The number of halogens is 2. The summed E-state index contributed by atoms with van der Waals surface area (Å²) in [5.74, 6) is -0.531. The van der Waals surface area contributed by atoms with Crippen molar-refractivity contribution in [2.45, 2.75) is 13.3 Å². The molecule has 8 heteroatoms. The molecular weight excluding hydrogens is 363 g/mol. The van der Waals surface area contributed by atoms with Gasteiger partial charge in [-0.15, -0.1) is 0 Å². The number of hydrogen-bond donors (Lipinski definition) is 0. The third kappa shape index (κ3) is 3.29. The van der Waals surface area contributed by atoms with Crippen LogP contribution in [0.2, 0.25) is 10.3 Å². The normalized spacial score (nSPS) is 10.6. The molecule has 0 N–H and O–H groups in total. The number of fused-ring (bicyclic) bond motifs is 1. The number of ether oxygens (including phenoxy) is 1. The summed E-state index contributed by atoms with van der Waals surface area (Å²) in [5, 5.41) is 13.4. The number of carbonyl (C=O) groups is 1. The molecule has 0 amide bonds. The van der Waals surface area contributed by atoms with E-state index >= 15 is 0 Å². The molecule has 2 aromatic heterocycles. The van der Waals surface area contributed by atoms with Crippen molar-refractivity contribution in [3.63, 3.8) is 0 Å². The van der Waals surface area contributed by atoms with Crippen molar-refractivity contribution in [3.8, 4) is 6.07 Å². The van der Waals surface area contributed by atoms with Gasteiger partial charge in [-0.2, -0.15) is 10.4 Å². The number of benzene rings is 1. The number of nitriles is 1. The average molecular weight is 375 g/mol. The predicted octanol–water partition coefficient (Wildman–Crippen LogP) is 3.68. The Balaban J connectivity index is 2.02. The largest absolute Gasteiger partial charge is 0.462 e. The first-order valence-electron chi connectivity index (χ1n) is 7.43. The van der Waals surface area contributed by atoms with Crippen LogP contribution in [0.25, 0.3) is 5.65 Å².